The van der Waals surface area contributed by atoms with Crippen LogP contribution in [0.15, 0.2) is 127 Å². The lowest BCUT2D eigenvalue weighted by molar-refractivity contribution is -0.146. The second kappa shape index (κ2) is 12.4. The number of hydrogen-bond donors (Lipinski definition) is 1. The number of aliphatic hydroxyl groups is 1. The van der Waals surface area contributed by atoms with Crippen molar-refractivity contribution in [1.82, 2.24) is 4.90 Å². The van der Waals surface area contributed by atoms with Crippen molar-refractivity contribution in [3.05, 3.63) is 138 Å². The summed E-state index contributed by atoms with van der Waals surface area (Å²) in [4.78, 5) is 42.9. The molecule has 5 rings (SSSR count). The number of carbonyl (C=O) groups is 3. The third-order valence-corrected chi connectivity index (χ3v) is 11.5. The van der Waals surface area contributed by atoms with E-state index in [4.69, 9.17) is 9.47 Å². The van der Waals surface area contributed by atoms with Crippen LogP contribution in [0.5, 0.6) is 0 Å². The van der Waals surface area contributed by atoms with Crippen LogP contribution in [0.2, 0.25) is 0 Å². The van der Waals surface area contributed by atoms with E-state index in [0.29, 0.717) is 0 Å². The number of amides is 2. The first-order valence-corrected chi connectivity index (χ1v) is 15.5. The van der Waals surface area contributed by atoms with Crippen LogP contribution in [-0.4, -0.2) is 47.0 Å². The van der Waals surface area contributed by atoms with Gasteiger partial charge in [0.15, 0.2) is 7.26 Å². The number of aliphatic hydroxyl groups excluding tert-OH is 1. The SMILES string of the molecule is CCOC(=O)C(/C(=C(\O)OCC)[P+](c1ccccc1)(c1ccccc1)c1ccccc1)N1C(=O)c2ccccc2C1=O. The summed E-state index contributed by atoms with van der Waals surface area (Å²) in [6.45, 7) is 3.43. The van der Waals surface area contributed by atoms with E-state index in [0.717, 1.165) is 20.8 Å². The van der Waals surface area contributed by atoms with Crippen molar-refractivity contribution in [3.63, 3.8) is 0 Å². The van der Waals surface area contributed by atoms with Gasteiger partial charge in [0.25, 0.3) is 11.8 Å². The van der Waals surface area contributed by atoms with Gasteiger partial charge in [0.1, 0.15) is 15.9 Å². The van der Waals surface area contributed by atoms with Crippen molar-refractivity contribution in [3.8, 4) is 0 Å². The minimum absolute atomic E-state index is 0.00532. The molecule has 0 aliphatic carbocycles. The lowest BCUT2D eigenvalue weighted by Crippen LogP contribution is -2.50. The van der Waals surface area contributed by atoms with Crippen LogP contribution in [-0.2, 0) is 14.3 Å². The molecular weight excluding hydrogens is 549 g/mol. The zero-order chi connectivity index (χ0) is 29.7. The standard InChI is InChI=1S/C34H30NO6P/c1-3-40-33(38)29(35-31(36)27-22-14-15-23-28(27)32(35)37)30(34(39)41-4-2)42(24-16-8-5-9-17-24,25-18-10-6-11-19-25)26-20-12-7-13-21-26/h5-23,29H,3-4H2,1-2H3/p+1/b34-30-. The third-order valence-electron chi connectivity index (χ3n) is 7.14. The zero-order valence-electron chi connectivity index (χ0n) is 23.3. The van der Waals surface area contributed by atoms with Gasteiger partial charge in [0.05, 0.1) is 24.3 Å². The molecule has 4 aromatic carbocycles. The molecule has 42 heavy (non-hydrogen) atoms. The number of esters is 1. The van der Waals surface area contributed by atoms with E-state index in [1.807, 2.05) is 91.0 Å². The predicted octanol–water partition coefficient (Wildman–Crippen LogP) is 4.97. The van der Waals surface area contributed by atoms with Crippen LogP contribution < -0.4 is 15.9 Å². The fourth-order valence-corrected chi connectivity index (χ4v) is 10.0. The van der Waals surface area contributed by atoms with Gasteiger partial charge in [0, 0.05) is 0 Å². The molecule has 1 N–H and O–H groups in total. The maximum Gasteiger partial charge on any atom is 0.337 e. The van der Waals surface area contributed by atoms with Gasteiger partial charge in [-0.05, 0) is 62.4 Å². The number of carbonyl (C=O) groups excluding carboxylic acids is 3. The summed E-state index contributed by atoms with van der Waals surface area (Å²) in [5.41, 5.74) is 0.352. The summed E-state index contributed by atoms with van der Waals surface area (Å²) in [6.07, 6.45) is 0. The van der Waals surface area contributed by atoms with E-state index < -0.39 is 37.0 Å². The van der Waals surface area contributed by atoms with E-state index in [-0.39, 0.29) is 29.7 Å². The number of fused-ring (bicyclic) bond motifs is 1. The van der Waals surface area contributed by atoms with E-state index in [1.165, 1.54) is 0 Å². The van der Waals surface area contributed by atoms with E-state index in [9.17, 15) is 19.5 Å². The molecule has 1 unspecified atom stereocenters. The van der Waals surface area contributed by atoms with E-state index >= 15 is 0 Å². The van der Waals surface area contributed by atoms with Gasteiger partial charge >= 0.3 is 11.9 Å². The normalized spacial score (nSPS) is 14.2. The molecule has 0 radical (unpaired) electrons. The fraction of sp³-hybridized carbons (Fsp3) is 0.147. The van der Waals surface area contributed by atoms with Crippen LogP contribution in [0.3, 0.4) is 0 Å². The first-order valence-electron chi connectivity index (χ1n) is 13.7. The minimum atomic E-state index is -3.23. The van der Waals surface area contributed by atoms with Crippen molar-refractivity contribution in [2.45, 2.75) is 19.9 Å². The summed E-state index contributed by atoms with van der Waals surface area (Å²) < 4.78 is 11.4. The monoisotopic (exact) mass is 580 g/mol. The number of hydrogen-bond acceptors (Lipinski definition) is 6. The van der Waals surface area contributed by atoms with Gasteiger partial charge in [-0.15, -0.1) is 0 Å². The molecule has 1 heterocycles. The number of rotatable bonds is 10. The Morgan fingerprint density at radius 2 is 1.05 bits per heavy atom. The lowest BCUT2D eigenvalue weighted by Gasteiger charge is -2.34. The van der Waals surface area contributed by atoms with Gasteiger partial charge in [-0.3, -0.25) is 14.5 Å². The van der Waals surface area contributed by atoms with Gasteiger partial charge < -0.3 is 14.6 Å². The van der Waals surface area contributed by atoms with Crippen LogP contribution in [0.1, 0.15) is 34.6 Å². The zero-order valence-corrected chi connectivity index (χ0v) is 24.2. The third kappa shape index (κ3) is 4.86. The molecule has 0 saturated heterocycles. The van der Waals surface area contributed by atoms with E-state index in [2.05, 4.69) is 0 Å². The molecule has 8 heteroatoms. The highest BCUT2D eigenvalue weighted by Gasteiger charge is 2.61. The molecule has 0 aromatic heterocycles. The molecule has 0 bridgehead atoms. The molecule has 1 aliphatic rings. The predicted molar refractivity (Wildman–Crippen MR) is 164 cm³/mol. The topological polar surface area (TPSA) is 93.1 Å². The first-order chi connectivity index (χ1) is 20.5. The number of imide groups is 1. The minimum Gasteiger partial charge on any atom is -0.478 e. The summed E-state index contributed by atoms with van der Waals surface area (Å²) in [5, 5.41) is 14.4. The van der Waals surface area contributed by atoms with Crippen molar-refractivity contribution in [2.24, 2.45) is 0 Å². The Kier molecular flexibility index (Phi) is 8.51. The number of nitrogens with zero attached hydrogens (tertiary/aromatic N) is 1. The Morgan fingerprint density at radius 3 is 1.43 bits per heavy atom. The second-order valence-electron chi connectivity index (χ2n) is 9.48. The average molecular weight is 581 g/mol. The molecular formula is C34H31NO6P+. The van der Waals surface area contributed by atoms with Crippen molar-refractivity contribution >= 4 is 41.0 Å². The number of benzene rings is 4. The summed E-state index contributed by atoms with van der Waals surface area (Å²) in [7, 11) is -3.23. The molecule has 1 atom stereocenters. The number of ether oxygens (including phenoxy) is 2. The van der Waals surface area contributed by atoms with E-state index in [1.54, 1.807) is 38.1 Å². The van der Waals surface area contributed by atoms with Crippen molar-refractivity contribution < 1.29 is 29.0 Å². The van der Waals surface area contributed by atoms with Gasteiger partial charge in [-0.1, -0.05) is 66.7 Å². The summed E-state index contributed by atoms with van der Waals surface area (Å²) in [5.74, 6) is -2.68. The smallest absolute Gasteiger partial charge is 0.337 e. The Balaban J connectivity index is 1.93. The van der Waals surface area contributed by atoms with Crippen LogP contribution in [0.25, 0.3) is 0 Å². The van der Waals surface area contributed by atoms with Crippen molar-refractivity contribution in [2.75, 3.05) is 13.2 Å². The van der Waals surface area contributed by atoms with Crippen molar-refractivity contribution in [1.29, 1.82) is 0 Å². The lowest BCUT2D eigenvalue weighted by atomic mass is 10.1. The average Bonchev–Trinajstić information content (AvgIpc) is 3.28. The molecule has 0 spiro atoms. The Bertz CT molecular complexity index is 1490. The quantitative estimate of drug-likeness (QED) is 0.123. The van der Waals surface area contributed by atoms with Gasteiger partial charge in [-0.2, -0.15) is 0 Å². The Morgan fingerprint density at radius 1 is 0.667 bits per heavy atom. The highest BCUT2D eigenvalue weighted by molar-refractivity contribution is 7.99. The van der Waals surface area contributed by atoms with Crippen LogP contribution >= 0.6 is 7.26 Å². The largest absolute Gasteiger partial charge is 0.478 e. The second-order valence-corrected chi connectivity index (χ2v) is 12.9. The molecule has 4 aromatic rings. The highest BCUT2D eigenvalue weighted by Crippen LogP contribution is 2.65. The molecule has 2 amide bonds. The Labute approximate surface area is 245 Å². The molecule has 7 nitrogen and oxygen atoms in total. The summed E-state index contributed by atoms with van der Waals surface area (Å²) in [6, 6.07) is 33.3. The van der Waals surface area contributed by atoms with Gasteiger partial charge in [0.2, 0.25) is 11.4 Å². The Hall–Kier alpha value is -4.74. The molecule has 0 fully saturated rings. The maximum atomic E-state index is 14.1. The maximum absolute atomic E-state index is 14.1. The van der Waals surface area contributed by atoms with Crippen LogP contribution in [0.4, 0.5) is 0 Å². The molecule has 0 saturated carbocycles. The summed E-state index contributed by atoms with van der Waals surface area (Å²) >= 11 is 0. The molecule has 1 aliphatic heterocycles. The van der Waals surface area contributed by atoms with Gasteiger partial charge in [-0.25, -0.2) is 4.79 Å². The highest BCUT2D eigenvalue weighted by atomic mass is 31.2. The fourth-order valence-electron chi connectivity index (χ4n) is 5.48. The van der Waals surface area contributed by atoms with Crippen LogP contribution in [0, 0.1) is 0 Å². The first kappa shape index (κ1) is 28.8. The molecule has 212 valence electrons.